The van der Waals surface area contributed by atoms with E-state index in [4.69, 9.17) is 5.11 Å². The molecule has 0 aliphatic heterocycles. The van der Waals surface area contributed by atoms with Gasteiger partial charge in [0, 0.05) is 25.5 Å². The molecule has 0 fully saturated rings. The molecule has 5 heteroatoms. The minimum absolute atomic E-state index is 0.225. The number of rotatable bonds is 6. The monoisotopic (exact) mass is 288 g/mol. The van der Waals surface area contributed by atoms with Crippen LogP contribution in [0, 0.1) is 6.92 Å². The molecule has 0 heterocycles. The first-order chi connectivity index (χ1) is 9.99. The molecule has 0 atom stereocenters. The Hall–Kier alpha value is -2.56. The lowest BCUT2D eigenvalue weighted by Crippen LogP contribution is -2.05. The molecule has 0 bridgehead atoms. The summed E-state index contributed by atoms with van der Waals surface area (Å²) in [5.74, 6) is -1.54. The normalized spacial score (nSPS) is 12.7. The summed E-state index contributed by atoms with van der Waals surface area (Å²) < 4.78 is 0. The Morgan fingerprint density at radius 1 is 1.38 bits per heavy atom. The average molecular weight is 288 g/mol. The van der Waals surface area contributed by atoms with Crippen LogP contribution in [0.4, 0.5) is 5.69 Å². The number of aryl methyl sites for hydroxylation is 1. The van der Waals surface area contributed by atoms with Crippen LogP contribution in [0.5, 0.6) is 0 Å². The van der Waals surface area contributed by atoms with E-state index in [9.17, 15) is 9.90 Å². The number of aliphatic imine (C=N–C) groups is 1. The molecular weight excluding hydrogens is 268 g/mol. The van der Waals surface area contributed by atoms with E-state index >= 15 is 0 Å². The zero-order chi connectivity index (χ0) is 15.8. The molecule has 0 radical (unpaired) electrons. The predicted molar refractivity (Wildman–Crippen MR) is 86.1 cm³/mol. The maximum atomic E-state index is 11.0. The molecule has 0 aromatic heterocycles. The van der Waals surface area contributed by atoms with Crippen LogP contribution >= 0.6 is 0 Å². The highest BCUT2D eigenvalue weighted by atomic mass is 16.4. The highest BCUT2D eigenvalue weighted by Crippen LogP contribution is 2.17. The molecule has 0 amide bonds. The molecule has 112 valence electrons. The first-order valence-corrected chi connectivity index (χ1v) is 6.62. The Labute approximate surface area is 124 Å². The minimum Gasteiger partial charge on any atom is -0.507 e. The molecule has 5 nitrogen and oxygen atoms in total. The number of carbonyl (C=O) groups is 1. The molecule has 0 saturated carbocycles. The van der Waals surface area contributed by atoms with Gasteiger partial charge < -0.3 is 15.5 Å². The van der Waals surface area contributed by atoms with Crippen LogP contribution in [-0.4, -0.2) is 36.0 Å². The summed E-state index contributed by atoms with van der Waals surface area (Å²) in [5, 5.41) is 21.9. The van der Waals surface area contributed by atoms with Crippen LogP contribution < -0.4 is 5.32 Å². The number of carboxylic acid groups (broad SMARTS) is 1. The molecule has 0 aliphatic carbocycles. The van der Waals surface area contributed by atoms with Gasteiger partial charge in [0.1, 0.15) is 11.3 Å². The smallest absolute Gasteiger partial charge is 0.341 e. The number of nitrogens with zero attached hydrogens (tertiary/aromatic N) is 1. The lowest BCUT2D eigenvalue weighted by atomic mass is 10.1. The van der Waals surface area contributed by atoms with Crippen LogP contribution in [0.25, 0.3) is 6.08 Å². The van der Waals surface area contributed by atoms with Crippen molar-refractivity contribution in [3.63, 3.8) is 0 Å². The molecule has 21 heavy (non-hydrogen) atoms. The lowest BCUT2D eigenvalue weighted by molar-refractivity contribution is -0.132. The van der Waals surface area contributed by atoms with E-state index in [2.05, 4.69) is 10.3 Å². The number of carboxylic acids is 1. The summed E-state index contributed by atoms with van der Waals surface area (Å²) in [6.07, 6.45) is 4.18. The van der Waals surface area contributed by atoms with Crippen molar-refractivity contribution in [3.05, 3.63) is 46.7 Å². The number of aliphatic carboxylic acids is 1. The zero-order valence-corrected chi connectivity index (χ0v) is 12.4. The van der Waals surface area contributed by atoms with Crippen LogP contribution in [0.3, 0.4) is 0 Å². The third-order valence-corrected chi connectivity index (χ3v) is 2.86. The van der Waals surface area contributed by atoms with Crippen LogP contribution in [0.1, 0.15) is 18.1 Å². The Bertz CT molecular complexity index is 602. The van der Waals surface area contributed by atoms with Gasteiger partial charge in [-0.15, -0.1) is 0 Å². The number of anilines is 1. The third kappa shape index (κ3) is 4.80. The van der Waals surface area contributed by atoms with Gasteiger partial charge in [-0.25, -0.2) is 4.79 Å². The van der Waals surface area contributed by atoms with Gasteiger partial charge in [0.2, 0.25) is 0 Å². The molecule has 0 saturated heterocycles. The molecule has 1 aromatic rings. The number of aliphatic hydroxyl groups is 1. The van der Waals surface area contributed by atoms with E-state index in [1.165, 1.54) is 6.08 Å². The summed E-state index contributed by atoms with van der Waals surface area (Å²) >= 11 is 0. The zero-order valence-electron chi connectivity index (χ0n) is 12.4. The van der Waals surface area contributed by atoms with E-state index in [0.29, 0.717) is 6.54 Å². The highest BCUT2D eigenvalue weighted by molar-refractivity contribution is 6.09. The molecule has 1 rings (SSSR count). The van der Waals surface area contributed by atoms with Gasteiger partial charge in [0.15, 0.2) is 0 Å². The topological polar surface area (TPSA) is 81.9 Å². The summed E-state index contributed by atoms with van der Waals surface area (Å²) in [4.78, 5) is 14.9. The first kappa shape index (κ1) is 16.5. The lowest BCUT2D eigenvalue weighted by Gasteiger charge is -2.05. The van der Waals surface area contributed by atoms with Gasteiger partial charge in [0.25, 0.3) is 0 Å². The first-order valence-electron chi connectivity index (χ1n) is 6.62. The Morgan fingerprint density at radius 2 is 2.10 bits per heavy atom. The van der Waals surface area contributed by atoms with Gasteiger partial charge in [0.05, 0.1) is 0 Å². The van der Waals surface area contributed by atoms with Crippen molar-refractivity contribution in [1.82, 2.24) is 0 Å². The fourth-order valence-electron chi connectivity index (χ4n) is 1.75. The number of hydrogen-bond donors (Lipinski definition) is 3. The van der Waals surface area contributed by atoms with E-state index in [1.807, 2.05) is 32.2 Å². The van der Waals surface area contributed by atoms with Gasteiger partial charge >= 0.3 is 5.97 Å². The van der Waals surface area contributed by atoms with Crippen molar-refractivity contribution in [1.29, 1.82) is 0 Å². The van der Waals surface area contributed by atoms with Gasteiger partial charge in [-0.1, -0.05) is 12.1 Å². The SMILES string of the molecule is CCN=C/C(C(=O)O)=C(O)\C=C\c1ccc(NC)c(C)c1. The third-order valence-electron chi connectivity index (χ3n) is 2.86. The standard InChI is InChI=1S/C16H20N2O3/c1-4-18-10-13(16(20)21)15(19)8-6-12-5-7-14(17-3)11(2)9-12/h5-10,17,19H,4H2,1-3H3,(H,20,21)/b8-6+,15-13-,18-10?. The molecule has 0 spiro atoms. The molecule has 3 N–H and O–H groups in total. The van der Waals surface area contributed by atoms with Gasteiger partial charge in [-0.05, 0) is 43.2 Å². The molecule has 1 aromatic carbocycles. The van der Waals surface area contributed by atoms with E-state index in [1.54, 1.807) is 13.0 Å². The van der Waals surface area contributed by atoms with Crippen molar-refractivity contribution >= 4 is 23.9 Å². The highest BCUT2D eigenvalue weighted by Gasteiger charge is 2.09. The Kier molecular flexibility index (Phi) is 6.20. The Morgan fingerprint density at radius 3 is 2.62 bits per heavy atom. The fraction of sp³-hybridized carbons (Fsp3) is 0.250. The number of hydrogen-bond acceptors (Lipinski definition) is 4. The van der Waals surface area contributed by atoms with E-state index < -0.39 is 5.97 Å². The number of nitrogens with one attached hydrogen (secondary N) is 1. The van der Waals surface area contributed by atoms with Crippen molar-refractivity contribution < 1.29 is 15.0 Å². The summed E-state index contributed by atoms with van der Waals surface area (Å²) in [6, 6.07) is 5.74. The van der Waals surface area contributed by atoms with Crippen molar-refractivity contribution in [3.8, 4) is 0 Å². The van der Waals surface area contributed by atoms with E-state index in [0.717, 1.165) is 23.0 Å². The average Bonchev–Trinajstić information content (AvgIpc) is 2.45. The largest absolute Gasteiger partial charge is 0.507 e. The van der Waals surface area contributed by atoms with Crippen molar-refractivity contribution in [2.45, 2.75) is 13.8 Å². The van der Waals surface area contributed by atoms with Crippen LogP contribution in [0.15, 0.2) is 40.6 Å². The summed E-state index contributed by atoms with van der Waals surface area (Å²) in [5.41, 5.74) is 2.73. The second-order valence-electron chi connectivity index (χ2n) is 4.39. The number of allylic oxidation sites excluding steroid dienone is 1. The van der Waals surface area contributed by atoms with Crippen LogP contribution in [-0.2, 0) is 4.79 Å². The van der Waals surface area contributed by atoms with Crippen LogP contribution in [0.2, 0.25) is 0 Å². The maximum Gasteiger partial charge on any atom is 0.341 e. The summed E-state index contributed by atoms with van der Waals surface area (Å²) in [6.45, 7) is 4.21. The predicted octanol–water partition coefficient (Wildman–Crippen LogP) is 3.04. The Balaban J connectivity index is 3.04. The van der Waals surface area contributed by atoms with Crippen molar-refractivity contribution in [2.75, 3.05) is 18.9 Å². The van der Waals surface area contributed by atoms with Gasteiger partial charge in [-0.2, -0.15) is 0 Å². The fourth-order valence-corrected chi connectivity index (χ4v) is 1.75. The number of benzene rings is 1. The molecule has 0 aliphatic rings. The number of aliphatic hydroxyl groups excluding tert-OH is 1. The van der Waals surface area contributed by atoms with Crippen molar-refractivity contribution in [2.24, 2.45) is 4.99 Å². The maximum absolute atomic E-state index is 11.0. The molecule has 0 unspecified atom stereocenters. The van der Waals surface area contributed by atoms with E-state index in [-0.39, 0.29) is 11.3 Å². The van der Waals surface area contributed by atoms with Gasteiger partial charge in [-0.3, -0.25) is 4.99 Å². The summed E-state index contributed by atoms with van der Waals surface area (Å²) in [7, 11) is 1.85. The quantitative estimate of drug-likeness (QED) is 0.325. The molecular formula is C16H20N2O3. The second kappa shape index (κ2) is 7.89. The second-order valence-corrected chi connectivity index (χ2v) is 4.39. The minimum atomic E-state index is -1.21.